The van der Waals surface area contributed by atoms with Gasteiger partial charge < -0.3 is 25.2 Å². The van der Waals surface area contributed by atoms with Gasteiger partial charge in [0.15, 0.2) is 0 Å². The molecule has 2 unspecified atom stereocenters. The minimum atomic E-state index is -0.686. The first-order valence-electron chi connectivity index (χ1n) is 16.2. The van der Waals surface area contributed by atoms with Crippen molar-refractivity contribution in [2.24, 2.45) is 40.4 Å². The Bertz CT molecular complexity index is 939. The number of rotatable bonds is 9. The van der Waals surface area contributed by atoms with E-state index in [4.69, 9.17) is 4.74 Å². The predicted molar refractivity (Wildman–Crippen MR) is 155 cm³/mol. The standard InChI is InChI=1S/C32H54N4O4/c1-21(2)24-12-8-7-11-23(24)17-40-22(3)27(30(39)35-13-9-6-10-14-35)34-28(37)26-16-33-18-32(26)19-36(20-32)29(38)25-15-31(25,4)5/h21-27,33H,6-20H2,1-5H3,(H,34,37)/t22-,23?,24?,25-,26+,27+/m1/s1. The highest BCUT2D eigenvalue weighted by Crippen LogP contribution is 2.54. The summed E-state index contributed by atoms with van der Waals surface area (Å²) in [4.78, 5) is 44.5. The van der Waals surface area contributed by atoms with Gasteiger partial charge in [0, 0.05) is 50.6 Å². The molecule has 2 N–H and O–H groups in total. The topological polar surface area (TPSA) is 91.0 Å². The molecule has 3 aliphatic heterocycles. The van der Waals surface area contributed by atoms with Gasteiger partial charge in [0.1, 0.15) is 6.04 Å². The third kappa shape index (κ3) is 6.08. The molecule has 226 valence electrons. The van der Waals surface area contributed by atoms with Crippen LogP contribution >= 0.6 is 0 Å². The van der Waals surface area contributed by atoms with Crippen molar-refractivity contribution in [1.82, 2.24) is 20.4 Å². The van der Waals surface area contributed by atoms with E-state index in [0.29, 0.717) is 44.0 Å². The lowest BCUT2D eigenvalue weighted by Gasteiger charge is -2.51. The molecule has 2 aliphatic carbocycles. The highest BCUT2D eigenvalue weighted by atomic mass is 16.5. The van der Waals surface area contributed by atoms with Gasteiger partial charge in [-0.25, -0.2) is 0 Å². The summed E-state index contributed by atoms with van der Waals surface area (Å²) in [6.45, 7) is 15.6. The highest BCUT2D eigenvalue weighted by molar-refractivity contribution is 5.90. The zero-order valence-corrected chi connectivity index (χ0v) is 25.7. The molecule has 0 aromatic carbocycles. The number of piperidine rings is 1. The second-order valence-electron chi connectivity index (χ2n) is 14.8. The van der Waals surface area contributed by atoms with Crippen LogP contribution in [0.5, 0.6) is 0 Å². The average molecular weight is 559 g/mol. The van der Waals surface area contributed by atoms with Crippen LogP contribution in [0.1, 0.15) is 86.0 Å². The summed E-state index contributed by atoms with van der Waals surface area (Å²) >= 11 is 0. The zero-order chi connectivity index (χ0) is 28.7. The Labute approximate surface area is 241 Å². The number of likely N-dealkylation sites (tertiary alicyclic amines) is 2. The van der Waals surface area contributed by atoms with Crippen molar-refractivity contribution in [2.75, 3.05) is 45.9 Å². The summed E-state index contributed by atoms with van der Waals surface area (Å²) in [5.74, 6) is 1.81. The van der Waals surface area contributed by atoms with E-state index in [-0.39, 0.29) is 40.4 Å². The normalized spacial score (nSPS) is 32.5. The third-order valence-electron chi connectivity index (χ3n) is 11.1. The van der Waals surface area contributed by atoms with E-state index in [1.54, 1.807) is 0 Å². The first-order valence-corrected chi connectivity index (χ1v) is 16.2. The minimum absolute atomic E-state index is 0.00834. The summed E-state index contributed by atoms with van der Waals surface area (Å²) < 4.78 is 6.46. The van der Waals surface area contributed by atoms with E-state index in [1.807, 2.05) is 16.7 Å². The molecule has 1 spiro atoms. The molecule has 6 atom stereocenters. The van der Waals surface area contributed by atoms with Crippen molar-refractivity contribution in [3.05, 3.63) is 0 Å². The first-order chi connectivity index (χ1) is 19.0. The molecule has 3 heterocycles. The second-order valence-corrected chi connectivity index (χ2v) is 14.8. The van der Waals surface area contributed by atoms with Crippen molar-refractivity contribution >= 4 is 17.7 Å². The Balaban J connectivity index is 1.23. The lowest BCUT2D eigenvalue weighted by Crippen LogP contribution is -2.65. The van der Waals surface area contributed by atoms with Crippen LogP contribution in [0.15, 0.2) is 0 Å². The molecule has 0 aromatic heterocycles. The van der Waals surface area contributed by atoms with Gasteiger partial charge in [0.05, 0.1) is 18.6 Å². The van der Waals surface area contributed by atoms with E-state index in [1.165, 1.54) is 25.7 Å². The molecular formula is C32H54N4O4. The average Bonchev–Trinajstić information content (AvgIpc) is 3.34. The second kappa shape index (κ2) is 11.9. The van der Waals surface area contributed by atoms with Crippen LogP contribution in [0.25, 0.3) is 0 Å². The van der Waals surface area contributed by atoms with Gasteiger partial charge in [-0.1, -0.05) is 40.5 Å². The van der Waals surface area contributed by atoms with E-state index in [9.17, 15) is 14.4 Å². The summed E-state index contributed by atoms with van der Waals surface area (Å²) in [5.41, 5.74) is -0.135. The molecule has 40 heavy (non-hydrogen) atoms. The van der Waals surface area contributed by atoms with Gasteiger partial charge in [0.2, 0.25) is 17.7 Å². The first kappa shape index (κ1) is 29.8. The van der Waals surface area contributed by atoms with E-state index < -0.39 is 12.1 Å². The Morgan fingerprint density at radius 1 is 0.950 bits per heavy atom. The van der Waals surface area contributed by atoms with Gasteiger partial charge in [0.25, 0.3) is 0 Å². The van der Waals surface area contributed by atoms with Crippen LogP contribution in [0.3, 0.4) is 0 Å². The number of hydrogen-bond acceptors (Lipinski definition) is 5. The van der Waals surface area contributed by atoms with Crippen LogP contribution in [0.4, 0.5) is 0 Å². The number of amides is 3. The van der Waals surface area contributed by atoms with Crippen LogP contribution in [0.2, 0.25) is 0 Å². The molecule has 0 radical (unpaired) electrons. The minimum Gasteiger partial charge on any atom is -0.376 e. The summed E-state index contributed by atoms with van der Waals surface area (Å²) in [6, 6.07) is -0.686. The zero-order valence-electron chi connectivity index (χ0n) is 25.7. The summed E-state index contributed by atoms with van der Waals surface area (Å²) in [7, 11) is 0. The maximum Gasteiger partial charge on any atom is 0.247 e. The molecule has 8 heteroatoms. The molecule has 5 aliphatic rings. The van der Waals surface area contributed by atoms with Crippen molar-refractivity contribution in [2.45, 2.75) is 98.1 Å². The molecule has 2 saturated carbocycles. The van der Waals surface area contributed by atoms with Crippen LogP contribution in [0, 0.1) is 40.4 Å². The maximum atomic E-state index is 13.8. The Morgan fingerprint density at radius 3 is 2.27 bits per heavy atom. The largest absolute Gasteiger partial charge is 0.376 e. The monoisotopic (exact) mass is 558 g/mol. The lowest BCUT2D eigenvalue weighted by molar-refractivity contribution is -0.153. The maximum absolute atomic E-state index is 13.8. The lowest BCUT2D eigenvalue weighted by atomic mass is 9.70. The van der Waals surface area contributed by atoms with Crippen molar-refractivity contribution < 1.29 is 19.1 Å². The molecule has 8 nitrogen and oxygen atoms in total. The number of carbonyl (C=O) groups is 3. The smallest absolute Gasteiger partial charge is 0.247 e. The van der Waals surface area contributed by atoms with E-state index in [2.05, 4.69) is 38.3 Å². The quantitative estimate of drug-likeness (QED) is 0.453. The van der Waals surface area contributed by atoms with Crippen molar-refractivity contribution in [1.29, 1.82) is 0 Å². The molecule has 5 fully saturated rings. The fourth-order valence-electron chi connectivity index (χ4n) is 8.12. The molecule has 3 amide bonds. The third-order valence-corrected chi connectivity index (χ3v) is 11.1. The molecule has 5 rings (SSSR count). The molecule has 3 saturated heterocycles. The van der Waals surface area contributed by atoms with Crippen LogP contribution < -0.4 is 10.6 Å². The van der Waals surface area contributed by atoms with Gasteiger partial charge in [-0.15, -0.1) is 0 Å². The molecule has 0 aromatic rings. The van der Waals surface area contributed by atoms with Crippen LogP contribution in [-0.4, -0.2) is 85.5 Å². The Morgan fingerprint density at radius 2 is 1.62 bits per heavy atom. The Kier molecular flexibility index (Phi) is 8.87. The SMILES string of the molecule is CC(C)C1CCCCC1CO[C@H](C)[C@H](NC(=O)[C@@H]1CNCC12CN(C(=O)[C@H]1CC1(C)C)C2)C(=O)N1CCCCC1. The summed E-state index contributed by atoms with van der Waals surface area (Å²) in [5, 5.41) is 6.61. The van der Waals surface area contributed by atoms with Crippen molar-refractivity contribution in [3.63, 3.8) is 0 Å². The molecule has 0 bridgehead atoms. The predicted octanol–water partition coefficient (Wildman–Crippen LogP) is 3.45. The molecular weight excluding hydrogens is 504 g/mol. The van der Waals surface area contributed by atoms with E-state index >= 15 is 0 Å². The van der Waals surface area contributed by atoms with Crippen LogP contribution in [-0.2, 0) is 19.1 Å². The number of nitrogens with one attached hydrogen (secondary N) is 2. The van der Waals surface area contributed by atoms with Crippen molar-refractivity contribution in [3.8, 4) is 0 Å². The van der Waals surface area contributed by atoms with E-state index in [0.717, 1.165) is 45.3 Å². The van der Waals surface area contributed by atoms with Gasteiger partial charge >= 0.3 is 0 Å². The van der Waals surface area contributed by atoms with Gasteiger partial charge in [-0.2, -0.15) is 0 Å². The van der Waals surface area contributed by atoms with Gasteiger partial charge in [-0.3, -0.25) is 14.4 Å². The fourth-order valence-corrected chi connectivity index (χ4v) is 8.12. The number of carbonyl (C=O) groups excluding carboxylic acids is 3. The number of nitrogens with zero attached hydrogens (tertiary/aromatic N) is 2. The summed E-state index contributed by atoms with van der Waals surface area (Å²) in [6.07, 6.45) is 8.69. The fraction of sp³-hybridized carbons (Fsp3) is 0.906. The number of ether oxygens (including phenoxy) is 1. The highest BCUT2D eigenvalue weighted by Gasteiger charge is 2.60. The Hall–Kier alpha value is -1.67. The number of hydrogen-bond donors (Lipinski definition) is 2. The van der Waals surface area contributed by atoms with Gasteiger partial charge in [-0.05, 0) is 68.6 Å².